The van der Waals surface area contributed by atoms with Crippen LogP contribution in [0.15, 0.2) is 28.7 Å². The van der Waals surface area contributed by atoms with E-state index in [-0.39, 0.29) is 0 Å². The first-order chi connectivity index (χ1) is 9.36. The summed E-state index contributed by atoms with van der Waals surface area (Å²) in [6, 6.07) is 8.03. The van der Waals surface area contributed by atoms with E-state index in [2.05, 4.69) is 13.0 Å². The average Bonchev–Trinajstić information content (AvgIpc) is 2.81. The van der Waals surface area contributed by atoms with E-state index in [1.54, 1.807) is 0 Å². The minimum Gasteiger partial charge on any atom is -0.459 e. The number of para-hydroxylation sites is 1. The predicted octanol–water partition coefficient (Wildman–Crippen LogP) is 3.99. The molecular formula is C16H23NO2. The molecular weight excluding hydrogens is 238 g/mol. The van der Waals surface area contributed by atoms with Crippen LogP contribution in [-0.4, -0.2) is 6.61 Å². The molecule has 0 fully saturated rings. The number of ether oxygens (including phenoxy) is 1. The highest BCUT2D eigenvalue weighted by molar-refractivity contribution is 5.82. The zero-order chi connectivity index (χ0) is 13.5. The average molecular weight is 261 g/mol. The zero-order valence-electron chi connectivity index (χ0n) is 11.7. The second-order valence-electron chi connectivity index (χ2n) is 4.82. The van der Waals surface area contributed by atoms with Crippen LogP contribution in [0, 0.1) is 0 Å². The summed E-state index contributed by atoms with van der Waals surface area (Å²) in [5, 5.41) is 1.12. The summed E-state index contributed by atoms with van der Waals surface area (Å²) in [5.74, 6) is 0.842. The Kier molecular flexibility index (Phi) is 5.43. The lowest BCUT2D eigenvalue weighted by Crippen LogP contribution is -2.01. The van der Waals surface area contributed by atoms with Crippen molar-refractivity contribution < 1.29 is 9.15 Å². The minimum absolute atomic E-state index is 0.420. The van der Waals surface area contributed by atoms with Crippen molar-refractivity contribution in [2.45, 2.75) is 45.8 Å². The molecule has 0 aliphatic heterocycles. The quantitative estimate of drug-likeness (QED) is 0.731. The summed E-state index contributed by atoms with van der Waals surface area (Å²) in [4.78, 5) is 0. The van der Waals surface area contributed by atoms with Crippen molar-refractivity contribution in [2.75, 3.05) is 6.61 Å². The Morgan fingerprint density at radius 2 is 2.00 bits per heavy atom. The molecule has 104 valence electrons. The van der Waals surface area contributed by atoms with Gasteiger partial charge >= 0.3 is 0 Å². The zero-order valence-corrected chi connectivity index (χ0v) is 11.7. The molecule has 0 spiro atoms. The molecule has 19 heavy (non-hydrogen) atoms. The van der Waals surface area contributed by atoms with Gasteiger partial charge in [-0.2, -0.15) is 0 Å². The normalized spacial score (nSPS) is 11.3. The van der Waals surface area contributed by atoms with Crippen molar-refractivity contribution in [3.8, 4) is 0 Å². The number of hydrogen-bond acceptors (Lipinski definition) is 3. The fraction of sp³-hybridized carbons (Fsp3) is 0.500. The van der Waals surface area contributed by atoms with Crippen LogP contribution in [0.5, 0.6) is 0 Å². The van der Waals surface area contributed by atoms with E-state index in [4.69, 9.17) is 14.9 Å². The van der Waals surface area contributed by atoms with Gasteiger partial charge in [0.05, 0.1) is 13.2 Å². The van der Waals surface area contributed by atoms with Gasteiger partial charge in [-0.05, 0) is 12.5 Å². The summed E-state index contributed by atoms with van der Waals surface area (Å²) < 4.78 is 11.5. The van der Waals surface area contributed by atoms with Crippen molar-refractivity contribution in [3.05, 3.63) is 35.6 Å². The van der Waals surface area contributed by atoms with E-state index in [0.29, 0.717) is 13.2 Å². The highest BCUT2D eigenvalue weighted by Gasteiger charge is 2.12. The number of furan rings is 1. The third-order valence-electron chi connectivity index (χ3n) is 3.36. The minimum atomic E-state index is 0.420. The smallest absolute Gasteiger partial charge is 0.134 e. The SMILES string of the molecule is CCCCCCOCc1c(CN)oc2ccccc12. The number of fused-ring (bicyclic) bond motifs is 1. The standard InChI is InChI=1S/C16H23NO2/c1-2-3-4-7-10-18-12-14-13-8-5-6-9-15(13)19-16(14)11-17/h5-6,8-9H,2-4,7,10-12,17H2,1H3. The lowest BCUT2D eigenvalue weighted by Gasteiger charge is -2.04. The van der Waals surface area contributed by atoms with E-state index in [1.807, 2.05) is 18.2 Å². The molecule has 3 nitrogen and oxygen atoms in total. The molecule has 0 saturated heterocycles. The molecule has 1 aromatic carbocycles. The lowest BCUT2D eigenvalue weighted by molar-refractivity contribution is 0.116. The molecule has 2 rings (SSSR count). The highest BCUT2D eigenvalue weighted by atomic mass is 16.5. The second-order valence-corrected chi connectivity index (χ2v) is 4.82. The number of benzene rings is 1. The first-order valence-corrected chi connectivity index (χ1v) is 7.14. The third kappa shape index (κ3) is 3.58. The van der Waals surface area contributed by atoms with Gasteiger partial charge in [0.1, 0.15) is 11.3 Å². The molecule has 0 aliphatic carbocycles. The summed E-state index contributed by atoms with van der Waals surface area (Å²) in [7, 11) is 0. The topological polar surface area (TPSA) is 48.4 Å². The van der Waals surface area contributed by atoms with Gasteiger partial charge in [0, 0.05) is 17.6 Å². The molecule has 1 heterocycles. The van der Waals surface area contributed by atoms with E-state index >= 15 is 0 Å². The van der Waals surface area contributed by atoms with Crippen LogP contribution in [0.1, 0.15) is 43.9 Å². The second kappa shape index (κ2) is 7.31. The lowest BCUT2D eigenvalue weighted by atomic mass is 10.1. The van der Waals surface area contributed by atoms with Crippen molar-refractivity contribution in [2.24, 2.45) is 5.73 Å². The summed E-state index contributed by atoms with van der Waals surface area (Å²) >= 11 is 0. The molecule has 0 amide bonds. The largest absolute Gasteiger partial charge is 0.459 e. The Bertz CT molecular complexity index is 504. The van der Waals surface area contributed by atoms with E-state index in [9.17, 15) is 0 Å². The monoisotopic (exact) mass is 261 g/mol. The van der Waals surface area contributed by atoms with Gasteiger partial charge in [-0.15, -0.1) is 0 Å². The van der Waals surface area contributed by atoms with Gasteiger partial charge in [0.15, 0.2) is 0 Å². The van der Waals surface area contributed by atoms with Crippen LogP contribution >= 0.6 is 0 Å². The molecule has 0 aliphatic rings. The van der Waals surface area contributed by atoms with Crippen molar-refractivity contribution in [3.63, 3.8) is 0 Å². The Morgan fingerprint density at radius 3 is 2.79 bits per heavy atom. The van der Waals surface area contributed by atoms with Gasteiger partial charge in [-0.3, -0.25) is 0 Å². The number of nitrogens with two attached hydrogens (primary N) is 1. The Morgan fingerprint density at radius 1 is 1.16 bits per heavy atom. The number of hydrogen-bond donors (Lipinski definition) is 1. The molecule has 3 heteroatoms. The van der Waals surface area contributed by atoms with Crippen LogP contribution in [-0.2, 0) is 17.9 Å². The Labute approximate surface area is 114 Å². The van der Waals surface area contributed by atoms with E-state index in [1.165, 1.54) is 19.3 Å². The van der Waals surface area contributed by atoms with Crippen LogP contribution in [0.4, 0.5) is 0 Å². The molecule has 2 N–H and O–H groups in total. The summed E-state index contributed by atoms with van der Waals surface area (Å²) in [6.45, 7) is 4.04. The summed E-state index contributed by atoms with van der Waals surface area (Å²) in [5.41, 5.74) is 7.74. The molecule has 1 aromatic heterocycles. The van der Waals surface area contributed by atoms with Gasteiger partial charge in [-0.1, -0.05) is 44.4 Å². The van der Waals surface area contributed by atoms with Crippen molar-refractivity contribution in [1.82, 2.24) is 0 Å². The molecule has 0 bridgehead atoms. The highest BCUT2D eigenvalue weighted by Crippen LogP contribution is 2.26. The summed E-state index contributed by atoms with van der Waals surface area (Å²) in [6.07, 6.45) is 4.91. The number of rotatable bonds is 8. The maximum absolute atomic E-state index is 5.76. The fourth-order valence-electron chi connectivity index (χ4n) is 2.28. The van der Waals surface area contributed by atoms with Crippen LogP contribution < -0.4 is 5.73 Å². The maximum Gasteiger partial charge on any atom is 0.134 e. The van der Waals surface area contributed by atoms with Gasteiger partial charge in [-0.25, -0.2) is 0 Å². The Balaban J connectivity index is 1.95. The molecule has 0 radical (unpaired) electrons. The predicted molar refractivity (Wildman–Crippen MR) is 77.9 cm³/mol. The van der Waals surface area contributed by atoms with Gasteiger partial charge in [0.25, 0.3) is 0 Å². The molecule has 0 atom stereocenters. The van der Waals surface area contributed by atoms with Crippen molar-refractivity contribution in [1.29, 1.82) is 0 Å². The van der Waals surface area contributed by atoms with Crippen molar-refractivity contribution >= 4 is 11.0 Å². The van der Waals surface area contributed by atoms with Gasteiger partial charge < -0.3 is 14.9 Å². The molecule has 2 aromatic rings. The van der Waals surface area contributed by atoms with Gasteiger partial charge in [0.2, 0.25) is 0 Å². The number of unbranched alkanes of at least 4 members (excludes halogenated alkanes) is 3. The first-order valence-electron chi connectivity index (χ1n) is 7.14. The van der Waals surface area contributed by atoms with Crippen LogP contribution in [0.3, 0.4) is 0 Å². The van der Waals surface area contributed by atoms with E-state index < -0.39 is 0 Å². The fourth-order valence-corrected chi connectivity index (χ4v) is 2.28. The van der Waals surface area contributed by atoms with E-state index in [0.717, 1.165) is 35.3 Å². The first kappa shape index (κ1) is 14.1. The maximum atomic E-state index is 5.76. The van der Waals surface area contributed by atoms with Crippen LogP contribution in [0.2, 0.25) is 0 Å². The third-order valence-corrected chi connectivity index (χ3v) is 3.36. The van der Waals surface area contributed by atoms with Crippen LogP contribution in [0.25, 0.3) is 11.0 Å². The Hall–Kier alpha value is -1.32. The molecule has 0 unspecified atom stereocenters. The molecule has 0 saturated carbocycles.